The fraction of sp³-hybridized carbons (Fsp3) is 0.192. The zero-order chi connectivity index (χ0) is 27.7. The van der Waals surface area contributed by atoms with E-state index in [-0.39, 0.29) is 23.4 Å². The molecule has 202 valence electrons. The van der Waals surface area contributed by atoms with Gasteiger partial charge in [0.05, 0.1) is 41.6 Å². The number of ether oxygens (including phenoxy) is 2. The van der Waals surface area contributed by atoms with E-state index < -0.39 is 51.8 Å². The smallest absolute Gasteiger partial charge is 0.387 e. The second-order valence-corrected chi connectivity index (χ2v) is 10.6. The number of aromatic nitrogens is 2. The maximum absolute atomic E-state index is 14.6. The zero-order valence-corrected chi connectivity index (χ0v) is 20.7. The predicted octanol–water partition coefficient (Wildman–Crippen LogP) is 4.57. The van der Waals surface area contributed by atoms with Crippen LogP contribution >= 0.6 is 0 Å². The van der Waals surface area contributed by atoms with Crippen molar-refractivity contribution < 1.29 is 40.2 Å². The molecule has 2 aromatic heterocycles. The number of carbonyl (C=O) groups is 1. The van der Waals surface area contributed by atoms with Crippen LogP contribution in [0.4, 0.5) is 17.6 Å². The molecule has 0 radical (unpaired) electrons. The van der Waals surface area contributed by atoms with E-state index in [2.05, 4.69) is 20.0 Å². The maximum Gasteiger partial charge on any atom is 0.387 e. The van der Waals surface area contributed by atoms with Crippen molar-refractivity contribution in [1.29, 1.82) is 0 Å². The number of rotatable bonds is 6. The number of alkyl halides is 3. The Morgan fingerprint density at radius 1 is 1.15 bits per heavy atom. The van der Waals surface area contributed by atoms with Crippen LogP contribution in [0.5, 0.6) is 5.75 Å². The monoisotopic (exact) mass is 561 g/mol. The molecule has 13 heteroatoms. The third-order valence-corrected chi connectivity index (χ3v) is 7.76. The summed E-state index contributed by atoms with van der Waals surface area (Å²) >= 11 is 0. The van der Waals surface area contributed by atoms with Crippen molar-refractivity contribution in [2.75, 3.05) is 6.61 Å². The minimum absolute atomic E-state index is 0.0147. The summed E-state index contributed by atoms with van der Waals surface area (Å²) in [6.45, 7) is -4.26. The molecule has 0 saturated heterocycles. The lowest BCUT2D eigenvalue weighted by atomic mass is 10.1. The SMILES string of the molecule is O=C(NCc1cc2nc(-c3cccc(OC(F)F)c3)ccc2cn1)c1cc(F)c2c(c1)S(=O)(=O)[C@@H](F)COC2. The molecule has 0 spiro atoms. The van der Waals surface area contributed by atoms with Crippen molar-refractivity contribution in [2.45, 2.75) is 30.2 Å². The van der Waals surface area contributed by atoms with E-state index >= 15 is 0 Å². The van der Waals surface area contributed by atoms with Crippen molar-refractivity contribution in [3.05, 3.63) is 83.4 Å². The summed E-state index contributed by atoms with van der Waals surface area (Å²) in [5.74, 6) is -1.81. The van der Waals surface area contributed by atoms with Crippen LogP contribution in [-0.2, 0) is 27.7 Å². The Morgan fingerprint density at radius 3 is 2.77 bits per heavy atom. The predicted molar refractivity (Wildman–Crippen MR) is 131 cm³/mol. The fourth-order valence-electron chi connectivity index (χ4n) is 4.04. The maximum atomic E-state index is 14.6. The van der Waals surface area contributed by atoms with Gasteiger partial charge in [-0.3, -0.25) is 9.78 Å². The first-order valence-electron chi connectivity index (χ1n) is 11.5. The summed E-state index contributed by atoms with van der Waals surface area (Å²) in [6, 6.07) is 12.9. The average molecular weight is 562 g/mol. The van der Waals surface area contributed by atoms with E-state index in [1.807, 2.05) is 0 Å². The molecule has 8 nitrogen and oxygen atoms in total. The third-order valence-electron chi connectivity index (χ3n) is 5.97. The van der Waals surface area contributed by atoms with Crippen LogP contribution in [0.2, 0.25) is 0 Å². The number of benzene rings is 2. The number of fused-ring (bicyclic) bond motifs is 2. The second-order valence-electron chi connectivity index (χ2n) is 8.56. The summed E-state index contributed by atoms with van der Waals surface area (Å²) in [6.07, 6.45) is 1.53. The lowest BCUT2D eigenvalue weighted by Crippen LogP contribution is -2.25. The van der Waals surface area contributed by atoms with Gasteiger partial charge in [0, 0.05) is 28.3 Å². The Kier molecular flexibility index (Phi) is 7.19. The van der Waals surface area contributed by atoms with Gasteiger partial charge in [-0.1, -0.05) is 12.1 Å². The lowest BCUT2D eigenvalue weighted by molar-refractivity contribution is -0.0498. The number of hydrogen-bond acceptors (Lipinski definition) is 7. The van der Waals surface area contributed by atoms with Gasteiger partial charge in [0.25, 0.3) is 5.91 Å². The molecule has 39 heavy (non-hydrogen) atoms. The summed E-state index contributed by atoms with van der Waals surface area (Å²) in [5.41, 5.74) is -1.11. The van der Waals surface area contributed by atoms with E-state index in [1.165, 1.54) is 18.3 Å². The molecule has 0 aliphatic carbocycles. The van der Waals surface area contributed by atoms with Gasteiger partial charge >= 0.3 is 6.61 Å². The number of pyridine rings is 2. The molecule has 1 N–H and O–H groups in total. The standard InChI is InChI=1S/C26H19F4N3O5S/c27-20-7-16(8-23-19(20)12-37-13-24(28)39(23,35)36)25(34)32-11-17-9-22-15(10-31-17)4-5-21(33-22)14-2-1-3-18(6-14)38-26(29)30/h1-10,24,26H,11-13H2,(H,32,34)/t24-/m1/s1. The Bertz CT molecular complexity index is 1680. The molecule has 0 fully saturated rings. The van der Waals surface area contributed by atoms with Crippen molar-refractivity contribution in [3.8, 4) is 17.0 Å². The number of nitrogens with one attached hydrogen (secondary N) is 1. The van der Waals surface area contributed by atoms with Gasteiger partial charge in [-0.15, -0.1) is 0 Å². The van der Waals surface area contributed by atoms with Crippen molar-refractivity contribution in [1.82, 2.24) is 15.3 Å². The highest BCUT2D eigenvalue weighted by Crippen LogP contribution is 2.30. The Hall–Kier alpha value is -4.10. The number of carbonyl (C=O) groups excluding carboxylic acids is 1. The Balaban J connectivity index is 1.36. The Morgan fingerprint density at radius 2 is 1.97 bits per heavy atom. The molecule has 1 amide bonds. The largest absolute Gasteiger partial charge is 0.435 e. The molecule has 1 aliphatic rings. The van der Waals surface area contributed by atoms with Crippen LogP contribution in [0.1, 0.15) is 21.6 Å². The first-order valence-corrected chi connectivity index (χ1v) is 13.0. The van der Waals surface area contributed by atoms with Gasteiger partial charge in [-0.25, -0.2) is 22.2 Å². The van der Waals surface area contributed by atoms with E-state index in [4.69, 9.17) is 4.74 Å². The molecule has 1 aliphatic heterocycles. The number of nitrogens with zero attached hydrogens (tertiary/aromatic N) is 2. The van der Waals surface area contributed by atoms with Crippen molar-refractivity contribution in [3.63, 3.8) is 0 Å². The first-order chi connectivity index (χ1) is 18.6. The van der Waals surface area contributed by atoms with Gasteiger partial charge < -0.3 is 14.8 Å². The molecule has 0 saturated carbocycles. The van der Waals surface area contributed by atoms with Crippen molar-refractivity contribution in [2.24, 2.45) is 0 Å². The number of halogens is 4. The Labute approximate surface area is 219 Å². The highest BCUT2D eigenvalue weighted by Gasteiger charge is 2.35. The summed E-state index contributed by atoms with van der Waals surface area (Å²) in [7, 11) is -4.54. The fourth-order valence-corrected chi connectivity index (χ4v) is 5.38. The molecular weight excluding hydrogens is 542 g/mol. The number of amides is 1. The minimum Gasteiger partial charge on any atom is -0.435 e. The summed E-state index contributed by atoms with van der Waals surface area (Å²) < 4.78 is 88.1. The van der Waals surface area contributed by atoms with Crippen LogP contribution in [0.15, 0.2) is 65.7 Å². The molecule has 5 rings (SSSR count). The van der Waals surface area contributed by atoms with Crippen LogP contribution in [0.25, 0.3) is 22.2 Å². The van der Waals surface area contributed by atoms with E-state index in [1.54, 1.807) is 30.3 Å². The molecule has 2 aromatic carbocycles. The van der Waals surface area contributed by atoms with Crippen LogP contribution in [0.3, 0.4) is 0 Å². The molecular formula is C26H19F4N3O5S. The summed E-state index contributed by atoms with van der Waals surface area (Å²) in [4.78, 5) is 20.9. The normalized spacial score (nSPS) is 16.5. The molecule has 0 bridgehead atoms. The highest BCUT2D eigenvalue weighted by molar-refractivity contribution is 7.92. The van der Waals surface area contributed by atoms with Crippen LogP contribution in [0, 0.1) is 5.82 Å². The lowest BCUT2D eigenvalue weighted by Gasteiger charge is -2.11. The van der Waals surface area contributed by atoms with Gasteiger partial charge in [-0.05, 0) is 42.5 Å². The third kappa shape index (κ3) is 5.54. The molecule has 3 heterocycles. The van der Waals surface area contributed by atoms with Gasteiger partial charge in [0.2, 0.25) is 15.3 Å². The quantitative estimate of drug-likeness (QED) is 0.344. The van der Waals surface area contributed by atoms with Gasteiger partial charge in [-0.2, -0.15) is 8.78 Å². The number of sulfone groups is 1. The van der Waals surface area contributed by atoms with Crippen LogP contribution in [-0.4, -0.2) is 43.0 Å². The zero-order valence-electron chi connectivity index (χ0n) is 19.9. The topological polar surface area (TPSA) is 107 Å². The second kappa shape index (κ2) is 10.6. The van der Waals surface area contributed by atoms with E-state index in [9.17, 15) is 30.8 Å². The molecule has 4 aromatic rings. The van der Waals surface area contributed by atoms with Crippen LogP contribution < -0.4 is 10.1 Å². The van der Waals surface area contributed by atoms with Gasteiger partial charge in [0.1, 0.15) is 11.6 Å². The van der Waals surface area contributed by atoms with Gasteiger partial charge in [0.15, 0.2) is 0 Å². The van der Waals surface area contributed by atoms with Crippen molar-refractivity contribution >= 4 is 26.6 Å². The summed E-state index contributed by atoms with van der Waals surface area (Å²) in [5, 5.41) is 3.21. The van der Waals surface area contributed by atoms with E-state index in [0.717, 1.165) is 12.1 Å². The molecule has 0 unspecified atom stereocenters. The minimum atomic E-state index is -4.54. The average Bonchev–Trinajstić information content (AvgIpc) is 3.02. The number of hydrogen-bond donors (Lipinski definition) is 1. The molecule has 1 atom stereocenters. The van der Waals surface area contributed by atoms with E-state index in [0.29, 0.717) is 27.9 Å². The first kappa shape index (κ1) is 26.5. The highest BCUT2D eigenvalue weighted by atomic mass is 32.2.